The van der Waals surface area contributed by atoms with Crippen molar-refractivity contribution in [2.24, 2.45) is 11.8 Å². The van der Waals surface area contributed by atoms with Crippen molar-refractivity contribution < 1.29 is 9.72 Å². The summed E-state index contributed by atoms with van der Waals surface area (Å²) >= 11 is 0. The molecule has 108 valence electrons. The van der Waals surface area contributed by atoms with Gasteiger partial charge in [-0.05, 0) is 25.2 Å². The normalized spacial score (nSPS) is 22.6. The predicted molar refractivity (Wildman–Crippen MR) is 74.5 cm³/mol. The Morgan fingerprint density at radius 2 is 2.00 bits per heavy atom. The van der Waals surface area contributed by atoms with Crippen molar-refractivity contribution in [3.63, 3.8) is 0 Å². The minimum absolute atomic E-state index is 0.142. The van der Waals surface area contributed by atoms with Crippen LogP contribution in [0, 0.1) is 28.9 Å². The summed E-state index contributed by atoms with van der Waals surface area (Å²) in [5, 5.41) is 10.8. The van der Waals surface area contributed by atoms with Gasteiger partial charge < -0.3 is 4.90 Å². The summed E-state index contributed by atoms with van der Waals surface area (Å²) in [5.74, 6) is 0.751. The van der Waals surface area contributed by atoms with E-state index in [1.807, 2.05) is 0 Å². The number of aromatic nitrogens is 1. The third kappa shape index (κ3) is 2.95. The van der Waals surface area contributed by atoms with Crippen LogP contribution in [0.3, 0.4) is 0 Å². The highest BCUT2D eigenvalue weighted by molar-refractivity contribution is 5.95. The van der Waals surface area contributed by atoms with E-state index in [1.165, 1.54) is 12.3 Å². The molecule has 0 spiro atoms. The lowest BCUT2D eigenvalue weighted by Gasteiger charge is -2.35. The summed E-state index contributed by atoms with van der Waals surface area (Å²) in [6.45, 7) is 7.34. The topological polar surface area (TPSA) is 76.3 Å². The van der Waals surface area contributed by atoms with Crippen LogP contribution in [-0.4, -0.2) is 33.8 Å². The number of likely N-dealkylation sites (tertiary alicyclic amines) is 1. The molecular weight excluding hydrogens is 258 g/mol. The monoisotopic (exact) mass is 277 g/mol. The zero-order valence-electron chi connectivity index (χ0n) is 12.0. The summed E-state index contributed by atoms with van der Waals surface area (Å²) < 4.78 is 0. The van der Waals surface area contributed by atoms with Crippen LogP contribution in [0.15, 0.2) is 12.3 Å². The minimum atomic E-state index is -0.523. The third-order valence-corrected chi connectivity index (χ3v) is 3.67. The number of hydrogen-bond acceptors (Lipinski definition) is 4. The fraction of sp³-hybridized carbons (Fsp3) is 0.571. The molecule has 2 rings (SSSR count). The lowest BCUT2D eigenvalue weighted by molar-refractivity contribution is -0.385. The van der Waals surface area contributed by atoms with Gasteiger partial charge in [0.15, 0.2) is 0 Å². The van der Waals surface area contributed by atoms with Crippen LogP contribution >= 0.6 is 0 Å². The number of hydrogen-bond donors (Lipinski definition) is 0. The van der Waals surface area contributed by atoms with E-state index in [4.69, 9.17) is 0 Å². The molecule has 0 N–H and O–H groups in total. The van der Waals surface area contributed by atoms with Crippen molar-refractivity contribution in [2.75, 3.05) is 13.1 Å². The molecule has 20 heavy (non-hydrogen) atoms. The number of piperidine rings is 1. The third-order valence-electron chi connectivity index (χ3n) is 3.67. The Kier molecular flexibility index (Phi) is 4.01. The van der Waals surface area contributed by atoms with Crippen molar-refractivity contribution in [2.45, 2.75) is 27.2 Å². The van der Waals surface area contributed by atoms with Crippen LogP contribution in [0.25, 0.3) is 0 Å². The molecule has 1 amide bonds. The van der Waals surface area contributed by atoms with Gasteiger partial charge in [0.1, 0.15) is 6.20 Å². The quantitative estimate of drug-likeness (QED) is 0.614. The van der Waals surface area contributed by atoms with Gasteiger partial charge in [0.25, 0.3) is 11.6 Å². The molecule has 0 aliphatic carbocycles. The van der Waals surface area contributed by atoms with Crippen molar-refractivity contribution in [1.82, 2.24) is 9.88 Å². The van der Waals surface area contributed by atoms with Gasteiger partial charge in [-0.1, -0.05) is 13.8 Å². The summed E-state index contributed by atoms with van der Waals surface area (Å²) in [6, 6.07) is 1.33. The van der Waals surface area contributed by atoms with Gasteiger partial charge in [-0.2, -0.15) is 0 Å². The first-order chi connectivity index (χ1) is 9.38. The van der Waals surface area contributed by atoms with Gasteiger partial charge in [0, 0.05) is 19.2 Å². The Morgan fingerprint density at radius 3 is 2.55 bits per heavy atom. The molecule has 2 atom stereocenters. The highest BCUT2D eigenvalue weighted by Crippen LogP contribution is 2.24. The average Bonchev–Trinajstić information content (AvgIpc) is 2.37. The van der Waals surface area contributed by atoms with Gasteiger partial charge >= 0.3 is 0 Å². The van der Waals surface area contributed by atoms with Crippen molar-refractivity contribution in [3.05, 3.63) is 33.6 Å². The van der Waals surface area contributed by atoms with E-state index in [1.54, 1.807) is 11.8 Å². The van der Waals surface area contributed by atoms with E-state index in [0.717, 1.165) is 6.42 Å². The SMILES string of the molecule is Cc1ncc([N+](=O)[O-])cc1C(=O)N1CC(C)CC(C)C1. The second-order valence-corrected chi connectivity index (χ2v) is 5.74. The van der Waals surface area contributed by atoms with Gasteiger partial charge in [0.05, 0.1) is 16.2 Å². The van der Waals surface area contributed by atoms with E-state index < -0.39 is 4.92 Å². The van der Waals surface area contributed by atoms with Crippen molar-refractivity contribution >= 4 is 11.6 Å². The van der Waals surface area contributed by atoms with Gasteiger partial charge in [-0.3, -0.25) is 19.9 Å². The Morgan fingerprint density at radius 1 is 1.40 bits per heavy atom. The largest absolute Gasteiger partial charge is 0.338 e. The first-order valence-corrected chi connectivity index (χ1v) is 6.78. The van der Waals surface area contributed by atoms with Crippen LogP contribution in [0.1, 0.15) is 36.3 Å². The maximum absolute atomic E-state index is 12.5. The number of carbonyl (C=O) groups is 1. The number of pyridine rings is 1. The van der Waals surface area contributed by atoms with Crippen LogP contribution in [0.5, 0.6) is 0 Å². The fourth-order valence-electron chi connectivity index (χ4n) is 2.84. The molecule has 2 heterocycles. The maximum atomic E-state index is 12.5. The van der Waals surface area contributed by atoms with E-state index in [9.17, 15) is 14.9 Å². The van der Waals surface area contributed by atoms with Crippen LogP contribution < -0.4 is 0 Å². The highest BCUT2D eigenvalue weighted by Gasteiger charge is 2.28. The second kappa shape index (κ2) is 5.56. The fourth-order valence-corrected chi connectivity index (χ4v) is 2.84. The molecule has 6 heteroatoms. The first-order valence-electron chi connectivity index (χ1n) is 6.78. The molecular formula is C14H19N3O3. The number of amides is 1. The minimum Gasteiger partial charge on any atom is -0.338 e. The molecule has 1 aliphatic rings. The van der Waals surface area contributed by atoms with Crippen molar-refractivity contribution in [3.8, 4) is 0 Å². The zero-order chi connectivity index (χ0) is 14.9. The molecule has 1 saturated heterocycles. The summed E-state index contributed by atoms with van der Waals surface area (Å²) in [7, 11) is 0. The van der Waals surface area contributed by atoms with E-state index in [-0.39, 0.29) is 11.6 Å². The number of nitrogens with zero attached hydrogens (tertiary/aromatic N) is 3. The van der Waals surface area contributed by atoms with Gasteiger partial charge in [-0.15, -0.1) is 0 Å². The molecule has 1 fully saturated rings. The van der Waals surface area contributed by atoms with Gasteiger partial charge in [-0.25, -0.2) is 0 Å². The number of rotatable bonds is 2. The maximum Gasteiger partial charge on any atom is 0.288 e. The van der Waals surface area contributed by atoms with E-state index in [2.05, 4.69) is 18.8 Å². The molecule has 1 aromatic heterocycles. The van der Waals surface area contributed by atoms with Crippen LogP contribution in [-0.2, 0) is 0 Å². The second-order valence-electron chi connectivity index (χ2n) is 5.74. The Labute approximate surface area is 118 Å². The van der Waals surface area contributed by atoms with Crippen LogP contribution in [0.2, 0.25) is 0 Å². The molecule has 0 radical (unpaired) electrons. The molecule has 2 unspecified atom stereocenters. The Bertz CT molecular complexity index is 534. The lowest BCUT2D eigenvalue weighted by atomic mass is 9.91. The van der Waals surface area contributed by atoms with E-state index >= 15 is 0 Å². The number of carbonyl (C=O) groups excluding carboxylic acids is 1. The Balaban J connectivity index is 2.28. The number of aryl methyl sites for hydroxylation is 1. The first kappa shape index (κ1) is 14.4. The molecule has 6 nitrogen and oxygen atoms in total. The zero-order valence-corrected chi connectivity index (χ0v) is 12.0. The van der Waals surface area contributed by atoms with Crippen molar-refractivity contribution in [1.29, 1.82) is 0 Å². The molecule has 0 aromatic carbocycles. The highest BCUT2D eigenvalue weighted by atomic mass is 16.6. The average molecular weight is 277 g/mol. The number of nitro groups is 1. The summed E-state index contributed by atoms with van der Waals surface area (Å²) in [6.07, 6.45) is 2.30. The lowest BCUT2D eigenvalue weighted by Crippen LogP contribution is -2.42. The molecule has 1 aromatic rings. The molecule has 0 bridgehead atoms. The summed E-state index contributed by atoms with van der Waals surface area (Å²) in [4.78, 5) is 28.6. The van der Waals surface area contributed by atoms with E-state index in [0.29, 0.717) is 36.2 Å². The smallest absolute Gasteiger partial charge is 0.288 e. The molecule has 0 saturated carbocycles. The molecule has 1 aliphatic heterocycles. The summed E-state index contributed by atoms with van der Waals surface area (Å²) in [5.41, 5.74) is 0.726. The van der Waals surface area contributed by atoms with Crippen LogP contribution in [0.4, 0.5) is 5.69 Å². The predicted octanol–water partition coefficient (Wildman–Crippen LogP) is 2.42. The van der Waals surface area contributed by atoms with Gasteiger partial charge in [0.2, 0.25) is 0 Å². The standard InChI is InChI=1S/C14H19N3O3/c1-9-4-10(2)8-16(7-9)14(18)13-5-12(17(19)20)6-15-11(13)3/h5-6,9-10H,4,7-8H2,1-3H3. The Hall–Kier alpha value is -1.98.